The van der Waals surface area contributed by atoms with E-state index in [0.29, 0.717) is 27.4 Å². The van der Waals surface area contributed by atoms with E-state index in [4.69, 9.17) is 39.5 Å². The highest BCUT2D eigenvalue weighted by Crippen LogP contribution is 2.31. The molecule has 3 nitrogen and oxygen atoms in total. The van der Waals surface area contributed by atoms with Gasteiger partial charge in [-0.25, -0.2) is 4.98 Å². The summed E-state index contributed by atoms with van der Waals surface area (Å²) in [5.74, 6) is 0.856. The van der Waals surface area contributed by atoms with Gasteiger partial charge in [0.2, 0.25) is 0 Å². The molecule has 0 aliphatic rings. The lowest BCUT2D eigenvalue weighted by Gasteiger charge is -2.20. The zero-order chi connectivity index (χ0) is 17.6. The summed E-state index contributed by atoms with van der Waals surface area (Å²) in [5.41, 5.74) is 1.04. The topological polar surface area (TPSA) is 27.1 Å². The number of rotatable bonds is 7. The van der Waals surface area contributed by atoms with Crippen LogP contribution in [0.25, 0.3) is 0 Å². The van der Waals surface area contributed by atoms with Gasteiger partial charge in [-0.15, -0.1) is 0 Å². The molecule has 0 aliphatic heterocycles. The van der Waals surface area contributed by atoms with Crippen molar-refractivity contribution in [3.05, 3.63) is 81.8 Å². The number of hydrogen-bond acceptors (Lipinski definition) is 2. The molecule has 3 rings (SSSR count). The van der Waals surface area contributed by atoms with E-state index in [1.165, 1.54) is 0 Å². The first-order valence-electron chi connectivity index (χ1n) is 7.91. The Labute approximate surface area is 162 Å². The number of imidazole rings is 1. The van der Waals surface area contributed by atoms with Crippen molar-refractivity contribution in [3.63, 3.8) is 0 Å². The lowest BCUT2D eigenvalue weighted by molar-refractivity contribution is 0.291. The van der Waals surface area contributed by atoms with Crippen LogP contribution < -0.4 is 4.74 Å². The maximum absolute atomic E-state index is 6.41. The molecule has 3 aromatic rings. The molecule has 0 fully saturated rings. The summed E-state index contributed by atoms with van der Waals surface area (Å²) in [6.45, 7) is 1.29. The number of aromatic nitrogens is 2. The standard InChI is InChI=1S/C19H17Cl3N2O/c20-15-5-6-16(18(22)11-15)14(12-24-9-8-23-13-24)7-10-25-19-4-2-1-3-17(19)21/h1-6,8-9,11,13-14H,7,10,12H2. The molecular weight excluding hydrogens is 379 g/mol. The van der Waals surface area contributed by atoms with Gasteiger partial charge in [-0.1, -0.05) is 53.0 Å². The minimum atomic E-state index is 0.168. The molecule has 0 saturated carbocycles. The predicted octanol–water partition coefficient (Wildman–Crippen LogP) is 6.10. The van der Waals surface area contributed by atoms with Crippen LogP contribution in [-0.2, 0) is 6.54 Å². The SMILES string of the molecule is Clc1ccc(C(CCOc2ccccc2Cl)Cn2ccnc2)c(Cl)c1. The highest BCUT2D eigenvalue weighted by Gasteiger charge is 2.16. The number of halogens is 3. The summed E-state index contributed by atoms with van der Waals surface area (Å²) in [6, 6.07) is 13.1. The Morgan fingerprint density at radius 1 is 1.04 bits per heavy atom. The zero-order valence-electron chi connectivity index (χ0n) is 13.4. The van der Waals surface area contributed by atoms with Gasteiger partial charge < -0.3 is 9.30 Å². The first kappa shape index (κ1) is 18.1. The van der Waals surface area contributed by atoms with E-state index >= 15 is 0 Å². The van der Waals surface area contributed by atoms with Gasteiger partial charge in [0.05, 0.1) is 18.0 Å². The molecule has 0 N–H and O–H groups in total. The minimum absolute atomic E-state index is 0.168. The zero-order valence-corrected chi connectivity index (χ0v) is 15.7. The van der Waals surface area contributed by atoms with E-state index in [2.05, 4.69) is 4.98 Å². The molecular formula is C19H17Cl3N2O. The van der Waals surface area contributed by atoms with Crippen molar-refractivity contribution in [2.75, 3.05) is 6.61 Å². The van der Waals surface area contributed by atoms with Crippen LogP contribution >= 0.6 is 34.8 Å². The summed E-state index contributed by atoms with van der Waals surface area (Å²) in [7, 11) is 0. The van der Waals surface area contributed by atoms with Gasteiger partial charge in [0.25, 0.3) is 0 Å². The molecule has 0 amide bonds. The van der Waals surface area contributed by atoms with Crippen molar-refractivity contribution >= 4 is 34.8 Å². The molecule has 1 atom stereocenters. The van der Waals surface area contributed by atoms with Gasteiger partial charge >= 0.3 is 0 Å². The monoisotopic (exact) mass is 394 g/mol. The van der Waals surface area contributed by atoms with Gasteiger partial charge in [0.1, 0.15) is 5.75 Å². The molecule has 0 saturated heterocycles. The van der Waals surface area contributed by atoms with Crippen molar-refractivity contribution < 1.29 is 4.74 Å². The number of hydrogen-bond donors (Lipinski definition) is 0. The smallest absolute Gasteiger partial charge is 0.137 e. The van der Waals surface area contributed by atoms with Crippen LogP contribution in [0.15, 0.2) is 61.2 Å². The maximum atomic E-state index is 6.41. The van der Waals surface area contributed by atoms with Crippen LogP contribution in [0.4, 0.5) is 0 Å². The van der Waals surface area contributed by atoms with Crippen LogP contribution in [0.2, 0.25) is 15.1 Å². The molecule has 1 unspecified atom stereocenters. The number of para-hydroxylation sites is 1. The molecule has 6 heteroatoms. The largest absolute Gasteiger partial charge is 0.492 e. The van der Waals surface area contributed by atoms with Crippen molar-refractivity contribution in [1.82, 2.24) is 9.55 Å². The predicted molar refractivity (Wildman–Crippen MR) is 103 cm³/mol. The molecule has 0 bridgehead atoms. The third kappa shape index (κ3) is 4.91. The normalized spacial score (nSPS) is 12.1. The van der Waals surface area contributed by atoms with Crippen molar-refractivity contribution in [3.8, 4) is 5.75 Å². The first-order chi connectivity index (χ1) is 12.1. The average molecular weight is 396 g/mol. The van der Waals surface area contributed by atoms with Gasteiger partial charge in [-0.3, -0.25) is 0 Å². The second-order valence-electron chi connectivity index (χ2n) is 5.69. The van der Waals surface area contributed by atoms with Gasteiger partial charge in [0.15, 0.2) is 0 Å². The fraction of sp³-hybridized carbons (Fsp3) is 0.211. The second-order valence-corrected chi connectivity index (χ2v) is 6.94. The molecule has 130 valence electrons. The Kier molecular flexibility index (Phi) is 6.24. The third-order valence-electron chi connectivity index (χ3n) is 3.95. The minimum Gasteiger partial charge on any atom is -0.492 e. The summed E-state index contributed by atoms with van der Waals surface area (Å²) in [4.78, 5) is 4.11. The maximum Gasteiger partial charge on any atom is 0.137 e. The molecule has 2 aromatic carbocycles. The molecule has 1 aromatic heterocycles. The Balaban J connectivity index is 1.73. The van der Waals surface area contributed by atoms with E-state index < -0.39 is 0 Å². The van der Waals surface area contributed by atoms with E-state index in [1.54, 1.807) is 18.6 Å². The molecule has 25 heavy (non-hydrogen) atoms. The van der Waals surface area contributed by atoms with Gasteiger partial charge in [-0.05, 0) is 36.2 Å². The third-order valence-corrected chi connectivity index (χ3v) is 4.83. The van der Waals surface area contributed by atoms with Crippen LogP contribution in [0.3, 0.4) is 0 Å². The fourth-order valence-corrected chi connectivity index (χ4v) is 3.45. The number of nitrogens with zero attached hydrogens (tertiary/aromatic N) is 2. The summed E-state index contributed by atoms with van der Waals surface area (Å²) in [5, 5.41) is 1.90. The molecule has 0 spiro atoms. The quantitative estimate of drug-likeness (QED) is 0.483. The van der Waals surface area contributed by atoms with Crippen LogP contribution in [0.1, 0.15) is 17.9 Å². The number of benzene rings is 2. The Bertz CT molecular complexity index is 821. The van der Waals surface area contributed by atoms with Gasteiger partial charge in [-0.2, -0.15) is 0 Å². The number of ether oxygens (including phenoxy) is 1. The van der Waals surface area contributed by atoms with Crippen LogP contribution in [0.5, 0.6) is 5.75 Å². The van der Waals surface area contributed by atoms with E-state index in [9.17, 15) is 0 Å². The Morgan fingerprint density at radius 3 is 2.60 bits per heavy atom. The molecule has 0 radical (unpaired) electrons. The second kappa shape index (κ2) is 8.61. The average Bonchev–Trinajstić information content (AvgIpc) is 3.09. The summed E-state index contributed by atoms with van der Waals surface area (Å²) in [6.07, 6.45) is 6.28. The molecule has 0 aliphatic carbocycles. The van der Waals surface area contributed by atoms with Crippen molar-refractivity contribution in [1.29, 1.82) is 0 Å². The summed E-state index contributed by atoms with van der Waals surface area (Å²) < 4.78 is 7.88. The van der Waals surface area contributed by atoms with E-state index in [0.717, 1.165) is 18.5 Å². The highest BCUT2D eigenvalue weighted by molar-refractivity contribution is 6.35. The Morgan fingerprint density at radius 2 is 1.88 bits per heavy atom. The van der Waals surface area contributed by atoms with E-state index in [1.807, 2.05) is 47.2 Å². The van der Waals surface area contributed by atoms with Crippen LogP contribution in [0, 0.1) is 0 Å². The summed E-state index contributed by atoms with van der Waals surface area (Å²) >= 11 is 18.6. The fourth-order valence-electron chi connectivity index (χ4n) is 2.70. The highest BCUT2D eigenvalue weighted by atomic mass is 35.5. The van der Waals surface area contributed by atoms with Gasteiger partial charge in [0, 0.05) is 34.9 Å². The van der Waals surface area contributed by atoms with Crippen LogP contribution in [-0.4, -0.2) is 16.2 Å². The Hall–Kier alpha value is -1.68. The lowest BCUT2D eigenvalue weighted by atomic mass is 9.95. The van der Waals surface area contributed by atoms with Crippen molar-refractivity contribution in [2.45, 2.75) is 18.9 Å². The van der Waals surface area contributed by atoms with E-state index in [-0.39, 0.29) is 5.92 Å². The lowest BCUT2D eigenvalue weighted by Crippen LogP contribution is -2.12. The first-order valence-corrected chi connectivity index (χ1v) is 9.05. The molecule has 1 heterocycles. The van der Waals surface area contributed by atoms with Crippen molar-refractivity contribution in [2.24, 2.45) is 0 Å².